The maximum absolute atomic E-state index is 12.5. The number of carbonyl (C=O) groups is 1. The Morgan fingerprint density at radius 2 is 2.04 bits per heavy atom. The summed E-state index contributed by atoms with van der Waals surface area (Å²) in [4.78, 5) is 14.4. The summed E-state index contributed by atoms with van der Waals surface area (Å²) in [6.45, 7) is 2.29. The molecule has 3 aliphatic rings. The smallest absolute Gasteiger partial charge is 0.222 e. The van der Waals surface area contributed by atoms with Crippen LogP contribution in [0.3, 0.4) is 0 Å². The van der Waals surface area contributed by atoms with Gasteiger partial charge in [-0.1, -0.05) is 23.2 Å². The zero-order valence-corrected chi connectivity index (χ0v) is 15.4. The molecule has 1 spiro atoms. The number of hydrogen-bond donors (Lipinski definition) is 3. The summed E-state index contributed by atoms with van der Waals surface area (Å²) in [5, 5.41) is 23.7. The second-order valence-electron chi connectivity index (χ2n) is 7.87. The van der Waals surface area contributed by atoms with Crippen molar-refractivity contribution in [3.8, 4) is 5.75 Å². The fourth-order valence-electron chi connectivity index (χ4n) is 4.59. The van der Waals surface area contributed by atoms with Crippen molar-refractivity contribution in [3.63, 3.8) is 0 Å². The summed E-state index contributed by atoms with van der Waals surface area (Å²) in [5.41, 5.74) is 0.821. The molecule has 2 heterocycles. The van der Waals surface area contributed by atoms with E-state index in [9.17, 15) is 15.0 Å². The second kappa shape index (κ2) is 6.31. The maximum atomic E-state index is 12.5. The molecule has 2 aliphatic heterocycles. The normalized spacial score (nSPS) is 28.0. The lowest BCUT2D eigenvalue weighted by molar-refractivity contribution is -0.163. The average molecular weight is 385 g/mol. The first-order valence-corrected chi connectivity index (χ1v) is 9.48. The molecule has 0 aromatic heterocycles. The number of aromatic hydroxyl groups is 1. The van der Waals surface area contributed by atoms with Crippen LogP contribution in [0.2, 0.25) is 10.0 Å². The molecular formula is C18H22Cl2N2O3. The Bertz CT molecular complexity index is 698. The summed E-state index contributed by atoms with van der Waals surface area (Å²) in [5.74, 6) is 0.531. The molecule has 3 N–H and O–H groups in total. The van der Waals surface area contributed by atoms with Gasteiger partial charge in [-0.2, -0.15) is 0 Å². The van der Waals surface area contributed by atoms with Gasteiger partial charge >= 0.3 is 0 Å². The Morgan fingerprint density at radius 1 is 1.32 bits per heavy atom. The van der Waals surface area contributed by atoms with E-state index in [1.165, 1.54) is 0 Å². The first-order chi connectivity index (χ1) is 11.9. The van der Waals surface area contributed by atoms with Crippen molar-refractivity contribution in [2.45, 2.75) is 37.8 Å². The van der Waals surface area contributed by atoms with Crippen LogP contribution >= 0.6 is 23.2 Å². The zero-order valence-electron chi connectivity index (χ0n) is 13.8. The Hall–Kier alpha value is -1.01. The van der Waals surface area contributed by atoms with Crippen LogP contribution < -0.4 is 5.32 Å². The third-order valence-corrected chi connectivity index (χ3v) is 6.70. The Balaban J connectivity index is 1.33. The number of likely N-dealkylation sites (tertiary alicyclic amines) is 1. The van der Waals surface area contributed by atoms with Crippen molar-refractivity contribution in [2.24, 2.45) is 11.3 Å². The highest BCUT2D eigenvalue weighted by molar-refractivity contribution is 6.42. The Kier molecular flexibility index (Phi) is 4.39. The van der Waals surface area contributed by atoms with E-state index < -0.39 is 0 Å². The number of phenols is 1. The largest absolute Gasteiger partial charge is 0.508 e. The number of hydrogen-bond acceptors (Lipinski definition) is 4. The molecule has 0 unspecified atom stereocenters. The summed E-state index contributed by atoms with van der Waals surface area (Å²) in [7, 11) is 0. The molecule has 0 bridgehead atoms. The van der Waals surface area contributed by atoms with Crippen LogP contribution in [0.25, 0.3) is 0 Å². The van der Waals surface area contributed by atoms with Gasteiger partial charge in [0.1, 0.15) is 5.75 Å². The van der Waals surface area contributed by atoms with Gasteiger partial charge in [-0.3, -0.25) is 4.79 Å². The standard InChI is InChI=1S/C18H22Cl2N2O3/c19-12-1-2-14(24)16(17(12)20)13-3-10(7-21-13)4-15(25)22-8-18(9-22)5-11(23)6-18/h1-2,10-11,13,21,23-24H,3-9H2/t10-,13+/m0/s1. The van der Waals surface area contributed by atoms with Gasteiger partial charge in [0.05, 0.1) is 16.1 Å². The lowest BCUT2D eigenvalue weighted by Gasteiger charge is -2.57. The number of aliphatic hydroxyl groups excluding tert-OH is 1. The minimum Gasteiger partial charge on any atom is -0.508 e. The minimum atomic E-state index is -0.174. The minimum absolute atomic E-state index is 0.0893. The van der Waals surface area contributed by atoms with Gasteiger partial charge < -0.3 is 20.4 Å². The molecule has 1 aromatic carbocycles. The number of phenolic OH excluding ortho intramolecular Hbond substituents is 1. The van der Waals surface area contributed by atoms with Gasteiger partial charge in [0.15, 0.2) is 0 Å². The van der Waals surface area contributed by atoms with Gasteiger partial charge in [-0.15, -0.1) is 0 Å². The molecule has 5 nitrogen and oxygen atoms in total. The van der Waals surface area contributed by atoms with E-state index in [1.54, 1.807) is 12.1 Å². The molecular weight excluding hydrogens is 363 g/mol. The summed E-state index contributed by atoms with van der Waals surface area (Å²) >= 11 is 12.3. The summed E-state index contributed by atoms with van der Waals surface area (Å²) in [6.07, 6.45) is 2.73. The molecule has 136 valence electrons. The topological polar surface area (TPSA) is 72.8 Å². The quantitative estimate of drug-likeness (QED) is 0.748. The highest BCUT2D eigenvalue weighted by atomic mass is 35.5. The number of carbonyl (C=O) groups excluding carboxylic acids is 1. The van der Waals surface area contributed by atoms with Crippen molar-refractivity contribution in [2.75, 3.05) is 19.6 Å². The lowest BCUT2D eigenvalue weighted by Crippen LogP contribution is -2.65. The highest BCUT2D eigenvalue weighted by Crippen LogP contribution is 2.48. The molecule has 1 aliphatic carbocycles. The third-order valence-electron chi connectivity index (χ3n) is 5.89. The number of rotatable bonds is 3. The van der Waals surface area contributed by atoms with E-state index in [0.717, 1.165) is 38.9 Å². The van der Waals surface area contributed by atoms with Gasteiger partial charge in [-0.25, -0.2) is 0 Å². The Morgan fingerprint density at radius 3 is 2.72 bits per heavy atom. The predicted octanol–water partition coefficient (Wildman–Crippen LogP) is 2.72. The number of benzene rings is 1. The summed E-state index contributed by atoms with van der Waals surface area (Å²) in [6, 6.07) is 3.04. The predicted molar refractivity (Wildman–Crippen MR) is 95.8 cm³/mol. The molecule has 2 saturated heterocycles. The van der Waals surface area contributed by atoms with E-state index >= 15 is 0 Å². The fraction of sp³-hybridized carbons (Fsp3) is 0.611. The second-order valence-corrected chi connectivity index (χ2v) is 8.66. The maximum Gasteiger partial charge on any atom is 0.222 e. The van der Waals surface area contributed by atoms with E-state index in [0.29, 0.717) is 22.0 Å². The van der Waals surface area contributed by atoms with E-state index in [2.05, 4.69) is 5.32 Å². The first-order valence-electron chi connectivity index (χ1n) is 8.73. The fourth-order valence-corrected chi connectivity index (χ4v) is 5.04. The van der Waals surface area contributed by atoms with Crippen LogP contribution in [-0.4, -0.2) is 46.8 Å². The van der Waals surface area contributed by atoms with Crippen molar-refractivity contribution >= 4 is 29.1 Å². The highest BCUT2D eigenvalue weighted by Gasteiger charge is 2.53. The number of nitrogens with zero attached hydrogens (tertiary/aromatic N) is 1. The van der Waals surface area contributed by atoms with Crippen molar-refractivity contribution < 1.29 is 15.0 Å². The van der Waals surface area contributed by atoms with Crippen molar-refractivity contribution in [3.05, 3.63) is 27.7 Å². The number of aliphatic hydroxyl groups is 1. The number of amides is 1. The van der Waals surface area contributed by atoms with Crippen LogP contribution in [0, 0.1) is 11.3 Å². The van der Waals surface area contributed by atoms with Gasteiger partial charge in [0, 0.05) is 36.5 Å². The van der Waals surface area contributed by atoms with Gasteiger partial charge in [-0.05, 0) is 43.9 Å². The van der Waals surface area contributed by atoms with Gasteiger partial charge in [0.25, 0.3) is 0 Å². The Labute approximate surface area is 156 Å². The molecule has 25 heavy (non-hydrogen) atoms. The van der Waals surface area contributed by atoms with Crippen molar-refractivity contribution in [1.82, 2.24) is 10.2 Å². The zero-order chi connectivity index (χ0) is 17.8. The van der Waals surface area contributed by atoms with Gasteiger partial charge in [0.2, 0.25) is 5.91 Å². The van der Waals surface area contributed by atoms with E-state index in [1.807, 2.05) is 4.90 Å². The number of halogens is 2. The molecule has 1 amide bonds. The van der Waals surface area contributed by atoms with Crippen LogP contribution in [0.4, 0.5) is 0 Å². The lowest BCUT2D eigenvalue weighted by atomic mass is 9.62. The molecule has 4 rings (SSSR count). The van der Waals surface area contributed by atoms with Crippen molar-refractivity contribution in [1.29, 1.82) is 0 Å². The summed E-state index contributed by atoms with van der Waals surface area (Å²) < 4.78 is 0. The van der Waals surface area contributed by atoms with E-state index in [-0.39, 0.29) is 35.1 Å². The third kappa shape index (κ3) is 3.12. The molecule has 7 heteroatoms. The van der Waals surface area contributed by atoms with Crippen LogP contribution in [0.1, 0.15) is 37.3 Å². The first kappa shape index (κ1) is 17.4. The van der Waals surface area contributed by atoms with E-state index in [4.69, 9.17) is 23.2 Å². The van der Waals surface area contributed by atoms with Crippen LogP contribution in [0.15, 0.2) is 12.1 Å². The molecule has 0 radical (unpaired) electrons. The average Bonchev–Trinajstić information content (AvgIpc) is 2.93. The molecule has 1 saturated carbocycles. The molecule has 1 aromatic rings. The number of nitrogens with one attached hydrogen (secondary N) is 1. The van der Waals surface area contributed by atoms with Crippen LogP contribution in [0.5, 0.6) is 5.75 Å². The molecule has 3 fully saturated rings. The van der Waals surface area contributed by atoms with Crippen LogP contribution in [-0.2, 0) is 4.79 Å². The SMILES string of the molecule is O=C(C[C@H]1CN[C@@H](c2c(O)ccc(Cl)c2Cl)C1)N1CC2(CC(O)C2)C1. The molecule has 2 atom stereocenters. The monoisotopic (exact) mass is 384 g/mol.